The minimum Gasteiger partial charge on any atom is -0.353 e. The zero-order valence-corrected chi connectivity index (χ0v) is 10.9. The Kier molecular flexibility index (Phi) is 2.44. The van der Waals surface area contributed by atoms with Crippen molar-refractivity contribution in [2.24, 2.45) is 4.99 Å². The summed E-state index contributed by atoms with van der Waals surface area (Å²) in [6.45, 7) is 6.31. The van der Waals surface area contributed by atoms with Gasteiger partial charge in [0.2, 0.25) is 0 Å². The fraction of sp³-hybridized carbons (Fsp3) is 0.188. The fourth-order valence-electron chi connectivity index (χ4n) is 2.29. The highest BCUT2D eigenvalue weighted by atomic mass is 14.9. The van der Waals surface area contributed by atoms with Crippen LogP contribution in [0.3, 0.4) is 0 Å². The normalized spacial score (nSPS) is 12.9. The second-order valence-corrected chi connectivity index (χ2v) is 4.82. The van der Waals surface area contributed by atoms with E-state index in [-0.39, 0.29) is 0 Å². The molecule has 2 nitrogen and oxygen atoms in total. The van der Waals surface area contributed by atoms with Gasteiger partial charge in [-0.05, 0) is 50.1 Å². The predicted octanol–water partition coefficient (Wildman–Crippen LogP) is 4.50. The van der Waals surface area contributed by atoms with E-state index in [0.29, 0.717) is 0 Å². The van der Waals surface area contributed by atoms with Crippen molar-refractivity contribution in [1.29, 1.82) is 0 Å². The summed E-state index contributed by atoms with van der Waals surface area (Å²) >= 11 is 0. The number of fused-ring (bicyclic) bond motifs is 2. The van der Waals surface area contributed by atoms with E-state index in [4.69, 9.17) is 4.99 Å². The van der Waals surface area contributed by atoms with Crippen molar-refractivity contribution < 1.29 is 0 Å². The molecule has 0 saturated heterocycles. The van der Waals surface area contributed by atoms with E-state index in [1.807, 2.05) is 12.1 Å². The van der Waals surface area contributed by atoms with Crippen molar-refractivity contribution in [2.75, 3.05) is 5.32 Å². The lowest BCUT2D eigenvalue weighted by atomic mass is 10.1. The van der Waals surface area contributed by atoms with Gasteiger partial charge in [-0.2, -0.15) is 0 Å². The van der Waals surface area contributed by atoms with Gasteiger partial charge in [0, 0.05) is 17.0 Å². The molecule has 2 heteroatoms. The lowest BCUT2D eigenvalue weighted by Gasteiger charge is -2.11. The SMILES string of the molecule is CC1=Nc2cc(C)c(C)cc2Nc2ccccc21. The molecule has 0 saturated carbocycles. The highest BCUT2D eigenvalue weighted by Gasteiger charge is 2.13. The molecular weight excluding hydrogens is 220 g/mol. The Hall–Kier alpha value is -2.09. The summed E-state index contributed by atoms with van der Waals surface area (Å²) in [5, 5.41) is 3.49. The second kappa shape index (κ2) is 3.98. The maximum Gasteiger partial charge on any atom is 0.0870 e. The van der Waals surface area contributed by atoms with Gasteiger partial charge in [-0.25, -0.2) is 0 Å². The van der Waals surface area contributed by atoms with Gasteiger partial charge >= 0.3 is 0 Å². The highest BCUT2D eigenvalue weighted by molar-refractivity contribution is 6.07. The van der Waals surface area contributed by atoms with E-state index >= 15 is 0 Å². The van der Waals surface area contributed by atoms with Crippen LogP contribution in [0.25, 0.3) is 0 Å². The summed E-state index contributed by atoms with van der Waals surface area (Å²) in [7, 11) is 0. The van der Waals surface area contributed by atoms with Gasteiger partial charge < -0.3 is 5.32 Å². The van der Waals surface area contributed by atoms with Crippen molar-refractivity contribution in [2.45, 2.75) is 20.8 Å². The average Bonchev–Trinajstić information content (AvgIpc) is 2.48. The maximum atomic E-state index is 4.74. The summed E-state index contributed by atoms with van der Waals surface area (Å²) in [5.41, 5.74) is 8.02. The van der Waals surface area contributed by atoms with Gasteiger partial charge in [0.05, 0.1) is 11.4 Å². The third-order valence-electron chi connectivity index (χ3n) is 3.49. The van der Waals surface area contributed by atoms with Gasteiger partial charge in [-0.1, -0.05) is 18.2 Å². The van der Waals surface area contributed by atoms with Crippen molar-refractivity contribution in [1.82, 2.24) is 0 Å². The van der Waals surface area contributed by atoms with E-state index in [9.17, 15) is 0 Å². The van der Waals surface area contributed by atoms with Crippen molar-refractivity contribution >= 4 is 22.8 Å². The molecule has 0 radical (unpaired) electrons. The molecule has 90 valence electrons. The quantitative estimate of drug-likeness (QED) is 0.715. The van der Waals surface area contributed by atoms with E-state index in [0.717, 1.165) is 22.8 Å². The number of aliphatic imine (C=N–C) groups is 1. The van der Waals surface area contributed by atoms with Gasteiger partial charge in [-0.3, -0.25) is 4.99 Å². The summed E-state index contributed by atoms with van der Waals surface area (Å²) in [6, 6.07) is 12.6. The first-order valence-electron chi connectivity index (χ1n) is 6.18. The minimum atomic E-state index is 1.02. The Labute approximate surface area is 107 Å². The monoisotopic (exact) mass is 236 g/mol. The Morgan fingerprint density at radius 1 is 0.889 bits per heavy atom. The number of nitrogens with zero attached hydrogens (tertiary/aromatic N) is 1. The molecule has 0 unspecified atom stereocenters. The van der Waals surface area contributed by atoms with Crippen LogP contribution in [0.2, 0.25) is 0 Å². The average molecular weight is 236 g/mol. The first kappa shape index (κ1) is 11.0. The number of hydrogen-bond acceptors (Lipinski definition) is 2. The Morgan fingerprint density at radius 3 is 2.44 bits per heavy atom. The smallest absolute Gasteiger partial charge is 0.0870 e. The number of anilines is 2. The van der Waals surface area contributed by atoms with Crippen LogP contribution in [0.4, 0.5) is 17.1 Å². The molecule has 0 fully saturated rings. The van der Waals surface area contributed by atoms with Gasteiger partial charge in [0.1, 0.15) is 0 Å². The van der Waals surface area contributed by atoms with Gasteiger partial charge in [0.15, 0.2) is 0 Å². The zero-order chi connectivity index (χ0) is 12.7. The summed E-state index contributed by atoms with van der Waals surface area (Å²) in [6.07, 6.45) is 0. The predicted molar refractivity (Wildman–Crippen MR) is 77.5 cm³/mol. The maximum absolute atomic E-state index is 4.74. The lowest BCUT2D eigenvalue weighted by molar-refractivity contribution is 1.32. The standard InChI is InChI=1S/C16H16N2/c1-10-8-15-16(9-11(10)2)18-14-7-5-4-6-13(14)12(3)17-15/h4-9,18H,1-3H3. The van der Waals surface area contributed by atoms with Gasteiger partial charge in [0.25, 0.3) is 0 Å². The molecule has 1 N–H and O–H groups in total. The van der Waals surface area contributed by atoms with Crippen LogP contribution in [-0.4, -0.2) is 5.71 Å². The van der Waals surface area contributed by atoms with Crippen LogP contribution < -0.4 is 5.32 Å². The molecule has 1 aliphatic heterocycles. The number of nitrogens with one attached hydrogen (secondary N) is 1. The van der Waals surface area contributed by atoms with Crippen LogP contribution in [0.5, 0.6) is 0 Å². The van der Waals surface area contributed by atoms with E-state index in [2.05, 4.69) is 50.4 Å². The molecule has 2 aromatic carbocycles. The van der Waals surface area contributed by atoms with Gasteiger partial charge in [-0.15, -0.1) is 0 Å². The fourth-order valence-corrected chi connectivity index (χ4v) is 2.29. The molecule has 0 aromatic heterocycles. The highest BCUT2D eigenvalue weighted by Crippen LogP contribution is 2.35. The Morgan fingerprint density at radius 2 is 1.61 bits per heavy atom. The number of benzene rings is 2. The number of rotatable bonds is 0. The van der Waals surface area contributed by atoms with Crippen LogP contribution in [0.1, 0.15) is 23.6 Å². The van der Waals surface area contributed by atoms with E-state index in [1.165, 1.54) is 16.7 Å². The molecule has 1 heterocycles. The number of para-hydroxylation sites is 1. The van der Waals surface area contributed by atoms with Crippen molar-refractivity contribution in [3.63, 3.8) is 0 Å². The second-order valence-electron chi connectivity index (χ2n) is 4.82. The molecule has 2 aromatic rings. The van der Waals surface area contributed by atoms with Crippen LogP contribution in [0, 0.1) is 13.8 Å². The lowest BCUT2D eigenvalue weighted by Crippen LogP contribution is -1.97. The first-order valence-corrected chi connectivity index (χ1v) is 6.18. The number of hydrogen-bond donors (Lipinski definition) is 1. The molecular formula is C16H16N2. The molecule has 0 spiro atoms. The van der Waals surface area contributed by atoms with Crippen LogP contribution >= 0.6 is 0 Å². The Balaban J connectivity index is 2.25. The number of aryl methyl sites for hydroxylation is 2. The summed E-state index contributed by atoms with van der Waals surface area (Å²) in [5.74, 6) is 0. The van der Waals surface area contributed by atoms with Crippen LogP contribution in [-0.2, 0) is 0 Å². The third-order valence-corrected chi connectivity index (χ3v) is 3.49. The summed E-state index contributed by atoms with van der Waals surface area (Å²) < 4.78 is 0. The molecule has 0 atom stereocenters. The zero-order valence-electron chi connectivity index (χ0n) is 10.9. The molecule has 3 rings (SSSR count). The molecule has 0 bridgehead atoms. The first-order chi connectivity index (χ1) is 8.65. The summed E-state index contributed by atoms with van der Waals surface area (Å²) in [4.78, 5) is 4.74. The minimum absolute atomic E-state index is 1.02. The van der Waals surface area contributed by atoms with Crippen molar-refractivity contribution in [3.8, 4) is 0 Å². The van der Waals surface area contributed by atoms with E-state index < -0.39 is 0 Å². The van der Waals surface area contributed by atoms with Crippen LogP contribution in [0.15, 0.2) is 41.4 Å². The molecule has 0 amide bonds. The van der Waals surface area contributed by atoms with E-state index in [1.54, 1.807) is 0 Å². The third kappa shape index (κ3) is 1.70. The largest absolute Gasteiger partial charge is 0.353 e. The van der Waals surface area contributed by atoms with Crippen molar-refractivity contribution in [3.05, 3.63) is 53.1 Å². The molecule has 0 aliphatic carbocycles. The molecule has 18 heavy (non-hydrogen) atoms. The molecule has 1 aliphatic rings. The Bertz CT molecular complexity index is 654. The topological polar surface area (TPSA) is 24.4 Å².